The molecule has 0 spiro atoms. The number of ether oxygens (including phenoxy) is 1. The van der Waals surface area contributed by atoms with Crippen molar-refractivity contribution in [2.75, 3.05) is 24.1 Å². The van der Waals surface area contributed by atoms with Gasteiger partial charge in [0.25, 0.3) is 0 Å². The summed E-state index contributed by atoms with van der Waals surface area (Å²) in [5.41, 5.74) is 9.97. The topological polar surface area (TPSA) is 183 Å². The molecule has 246 valence electrons. The van der Waals surface area contributed by atoms with Gasteiger partial charge < -0.3 is 25.2 Å². The highest BCUT2D eigenvalue weighted by Crippen LogP contribution is 2.35. The molecule has 0 bridgehead atoms. The molecule has 47 heavy (non-hydrogen) atoms. The lowest BCUT2D eigenvalue weighted by Crippen LogP contribution is -2.42. The molecule has 0 saturated carbocycles. The number of rotatable bonds is 6. The fraction of sp³-hybridized carbons (Fsp3) is 0.424. The van der Waals surface area contributed by atoms with E-state index in [1.807, 2.05) is 76.7 Å². The highest BCUT2D eigenvalue weighted by Gasteiger charge is 2.29. The molecule has 5 heterocycles. The molecule has 1 aliphatic heterocycles. The van der Waals surface area contributed by atoms with Gasteiger partial charge in [0.2, 0.25) is 5.91 Å². The van der Waals surface area contributed by atoms with Gasteiger partial charge >= 0.3 is 6.09 Å². The van der Waals surface area contributed by atoms with Gasteiger partial charge in [-0.1, -0.05) is 55.4 Å². The van der Waals surface area contributed by atoms with Crippen molar-refractivity contribution in [3.05, 3.63) is 54.0 Å². The summed E-state index contributed by atoms with van der Waals surface area (Å²) in [6.07, 6.45) is 4.91. The largest absolute Gasteiger partial charge is 0.444 e. The van der Waals surface area contributed by atoms with E-state index in [-0.39, 0.29) is 29.9 Å². The number of benzene rings is 1. The van der Waals surface area contributed by atoms with Crippen molar-refractivity contribution in [3.8, 4) is 22.5 Å². The second-order valence-electron chi connectivity index (χ2n) is 13.9. The molecule has 2 amide bonds. The maximum absolute atomic E-state index is 12.7. The van der Waals surface area contributed by atoms with Crippen molar-refractivity contribution in [2.24, 2.45) is 0 Å². The van der Waals surface area contributed by atoms with Crippen LogP contribution in [0.3, 0.4) is 0 Å². The maximum Gasteiger partial charge on any atom is 0.410 e. The first-order valence-electron chi connectivity index (χ1n) is 15.6. The number of piperidine rings is 1. The van der Waals surface area contributed by atoms with Crippen molar-refractivity contribution in [1.82, 2.24) is 40.2 Å². The molecule has 1 saturated heterocycles. The van der Waals surface area contributed by atoms with Crippen molar-refractivity contribution < 1.29 is 18.8 Å². The van der Waals surface area contributed by atoms with Crippen LogP contribution >= 0.6 is 0 Å². The van der Waals surface area contributed by atoms with E-state index < -0.39 is 5.60 Å². The number of aromatic amines is 1. The Labute approximate surface area is 272 Å². The minimum absolute atomic E-state index is 0.0991. The zero-order valence-corrected chi connectivity index (χ0v) is 27.5. The van der Waals surface area contributed by atoms with Crippen molar-refractivity contribution >= 4 is 34.5 Å². The number of pyridine rings is 1. The molecule has 4 aromatic heterocycles. The second-order valence-corrected chi connectivity index (χ2v) is 13.9. The number of fused-ring (bicyclic) bond motifs is 1. The summed E-state index contributed by atoms with van der Waals surface area (Å²) in [5.74, 6) is 1.22. The summed E-state index contributed by atoms with van der Waals surface area (Å²) in [6.45, 7) is 12.8. The number of carbonyl (C=O) groups is 2. The van der Waals surface area contributed by atoms with Crippen LogP contribution < -0.4 is 11.1 Å². The van der Waals surface area contributed by atoms with Crippen LogP contribution in [0.2, 0.25) is 0 Å². The number of carbonyl (C=O) groups excluding carboxylic acids is 2. The predicted octanol–water partition coefficient (Wildman–Crippen LogP) is 5.50. The van der Waals surface area contributed by atoms with Crippen LogP contribution in [-0.4, -0.2) is 70.9 Å². The highest BCUT2D eigenvalue weighted by atomic mass is 16.6. The fourth-order valence-electron chi connectivity index (χ4n) is 5.51. The number of nitrogens with zero attached hydrogens (tertiary/aromatic N) is 7. The number of hydrogen-bond acceptors (Lipinski definition) is 10. The first kappa shape index (κ1) is 31.7. The Kier molecular flexibility index (Phi) is 8.20. The van der Waals surface area contributed by atoms with Crippen LogP contribution in [-0.2, 0) is 21.4 Å². The predicted molar refractivity (Wildman–Crippen MR) is 176 cm³/mol. The summed E-state index contributed by atoms with van der Waals surface area (Å²) in [6, 6.07) is 9.41. The second kappa shape index (κ2) is 12.2. The SMILES string of the molecule is CC(C)(C)OC(=O)N1CCC(n2cc(-c3cnc(N)c4c(-c5ccc(CC(=O)Nc6cc(C(C)(C)C)on6)cc5)n[nH]c34)nn2)CC1. The van der Waals surface area contributed by atoms with E-state index in [1.165, 1.54) is 0 Å². The van der Waals surface area contributed by atoms with E-state index in [1.54, 1.807) is 17.2 Å². The van der Waals surface area contributed by atoms with Gasteiger partial charge in [-0.15, -0.1) is 5.10 Å². The van der Waals surface area contributed by atoms with Gasteiger partial charge in [0, 0.05) is 41.9 Å². The normalized spacial score (nSPS) is 14.5. The Bertz CT molecular complexity index is 1900. The van der Waals surface area contributed by atoms with Crippen LogP contribution in [0.4, 0.5) is 16.4 Å². The molecule has 6 rings (SSSR count). The quantitative estimate of drug-likeness (QED) is 0.214. The zero-order chi connectivity index (χ0) is 33.5. The fourth-order valence-corrected chi connectivity index (χ4v) is 5.51. The number of hydrogen-bond donors (Lipinski definition) is 3. The first-order chi connectivity index (χ1) is 22.2. The molecule has 4 N–H and O–H groups in total. The summed E-state index contributed by atoms with van der Waals surface area (Å²) in [4.78, 5) is 31.3. The average molecular weight is 641 g/mol. The molecule has 1 aromatic carbocycles. The number of nitrogen functional groups attached to an aromatic ring is 1. The van der Waals surface area contributed by atoms with E-state index in [0.717, 1.165) is 29.5 Å². The monoisotopic (exact) mass is 640 g/mol. The number of H-pyrrole nitrogens is 1. The Morgan fingerprint density at radius 2 is 1.83 bits per heavy atom. The van der Waals surface area contributed by atoms with Crippen molar-refractivity contribution in [3.63, 3.8) is 0 Å². The molecular formula is C33H40N10O4. The lowest BCUT2D eigenvalue weighted by atomic mass is 9.93. The molecule has 0 radical (unpaired) electrons. The van der Waals surface area contributed by atoms with Gasteiger partial charge in [0.1, 0.15) is 28.6 Å². The van der Waals surface area contributed by atoms with Crippen molar-refractivity contribution in [2.45, 2.75) is 77.9 Å². The van der Waals surface area contributed by atoms with E-state index in [4.69, 9.17) is 15.0 Å². The van der Waals surface area contributed by atoms with Gasteiger partial charge in [-0.25, -0.2) is 14.5 Å². The van der Waals surface area contributed by atoms with Gasteiger partial charge in [-0.05, 0) is 39.2 Å². The van der Waals surface area contributed by atoms with E-state index in [0.29, 0.717) is 52.8 Å². The minimum atomic E-state index is -0.530. The molecule has 0 unspecified atom stereocenters. The van der Waals surface area contributed by atoms with Gasteiger partial charge in [0.05, 0.1) is 29.6 Å². The number of anilines is 2. The number of nitrogens with one attached hydrogen (secondary N) is 2. The smallest absolute Gasteiger partial charge is 0.410 e. The number of aromatic nitrogens is 7. The van der Waals surface area contributed by atoms with E-state index in [9.17, 15) is 9.59 Å². The zero-order valence-electron chi connectivity index (χ0n) is 27.5. The minimum Gasteiger partial charge on any atom is -0.444 e. The first-order valence-corrected chi connectivity index (χ1v) is 15.6. The van der Waals surface area contributed by atoms with E-state index >= 15 is 0 Å². The molecule has 14 nitrogen and oxygen atoms in total. The maximum atomic E-state index is 12.7. The lowest BCUT2D eigenvalue weighted by molar-refractivity contribution is -0.115. The van der Waals surface area contributed by atoms with Gasteiger partial charge in [0.15, 0.2) is 5.82 Å². The Hall–Kier alpha value is -5.27. The standard InChI is InChI=1S/C33H40N10O4/c1-32(2,3)24-16-25(40-47-24)36-26(44)15-19-7-9-20(10-8-19)28-27-29(39-38-28)22(17-35-30(27)34)23-18-43(41-37-23)21-11-13-42(14-12-21)31(45)46-33(4,5)6/h7-10,16-18,21H,11-15H2,1-6H3,(H2,34,35)(H,38,39)(H,36,40,44). The van der Waals surface area contributed by atoms with Crippen LogP contribution in [0.5, 0.6) is 0 Å². The van der Waals surface area contributed by atoms with Crippen LogP contribution in [0, 0.1) is 0 Å². The average Bonchev–Trinajstić information content (AvgIpc) is 3.78. The summed E-state index contributed by atoms with van der Waals surface area (Å²) < 4.78 is 12.7. The summed E-state index contributed by atoms with van der Waals surface area (Å²) in [7, 11) is 0. The summed E-state index contributed by atoms with van der Waals surface area (Å²) >= 11 is 0. The van der Waals surface area contributed by atoms with E-state index in [2.05, 4.69) is 36.0 Å². The third kappa shape index (κ3) is 6.95. The molecule has 0 aliphatic carbocycles. The molecule has 1 fully saturated rings. The number of nitrogens with two attached hydrogens (primary N) is 1. The Balaban J connectivity index is 1.14. The number of amides is 2. The van der Waals surface area contributed by atoms with Crippen molar-refractivity contribution in [1.29, 1.82) is 0 Å². The Morgan fingerprint density at radius 1 is 1.11 bits per heavy atom. The molecule has 0 atom stereocenters. The van der Waals surface area contributed by atoms with Crippen LogP contribution in [0.25, 0.3) is 33.4 Å². The van der Waals surface area contributed by atoms with Crippen LogP contribution in [0.15, 0.2) is 47.2 Å². The van der Waals surface area contributed by atoms with Gasteiger partial charge in [-0.3, -0.25) is 9.89 Å². The molecule has 1 aliphatic rings. The Morgan fingerprint density at radius 3 is 2.49 bits per heavy atom. The molecular weight excluding hydrogens is 600 g/mol. The summed E-state index contributed by atoms with van der Waals surface area (Å²) in [5, 5.41) is 24.0. The lowest BCUT2D eigenvalue weighted by Gasteiger charge is -2.33. The highest BCUT2D eigenvalue weighted by molar-refractivity contribution is 6.05. The molecule has 5 aromatic rings. The van der Waals surface area contributed by atoms with Gasteiger partial charge in [-0.2, -0.15) is 5.10 Å². The third-order valence-electron chi connectivity index (χ3n) is 8.01. The molecule has 14 heteroatoms. The third-order valence-corrected chi connectivity index (χ3v) is 8.01. The number of likely N-dealkylation sites (tertiary alicyclic amines) is 1. The van der Waals surface area contributed by atoms with Crippen LogP contribution in [0.1, 0.15) is 71.7 Å².